The Morgan fingerprint density at radius 1 is 1.28 bits per heavy atom. The lowest BCUT2D eigenvalue weighted by atomic mass is 10.2. The Morgan fingerprint density at radius 2 is 2.11 bits per heavy atom. The van der Waals surface area contributed by atoms with E-state index in [1.54, 1.807) is 12.4 Å². The van der Waals surface area contributed by atoms with Crippen LogP contribution < -0.4 is 5.73 Å². The van der Waals surface area contributed by atoms with Crippen molar-refractivity contribution in [3.8, 4) is 5.69 Å². The predicted molar refractivity (Wildman–Crippen MR) is 73.0 cm³/mol. The predicted octanol–water partition coefficient (Wildman–Crippen LogP) is 2.96. The van der Waals surface area contributed by atoms with Gasteiger partial charge < -0.3 is 5.73 Å². The molecule has 3 rings (SSSR count). The lowest BCUT2D eigenvalue weighted by Gasteiger charge is -2.10. The molecule has 0 unspecified atom stereocenters. The molecule has 1 aromatic carbocycles. The largest absolute Gasteiger partial charge is 0.369 e. The first kappa shape index (κ1) is 11.0. The van der Waals surface area contributed by atoms with Gasteiger partial charge in [-0.15, -0.1) is 0 Å². The van der Waals surface area contributed by atoms with Gasteiger partial charge in [0.05, 0.1) is 17.4 Å². The number of nitrogens with two attached hydrogens (primary N) is 1. The minimum atomic E-state index is 0.434. The molecule has 0 bridgehead atoms. The maximum Gasteiger partial charge on any atom is 0.205 e. The number of benzene rings is 1. The van der Waals surface area contributed by atoms with Gasteiger partial charge in [0, 0.05) is 11.2 Å². The number of imidazole rings is 1. The number of aromatic nitrogens is 3. The van der Waals surface area contributed by atoms with Crippen LogP contribution in [0.4, 0.5) is 5.95 Å². The summed E-state index contributed by atoms with van der Waals surface area (Å²) in [5.41, 5.74) is 9.59. The van der Waals surface area contributed by atoms with Crippen LogP contribution in [0.25, 0.3) is 16.7 Å². The van der Waals surface area contributed by atoms with Crippen molar-refractivity contribution >= 4 is 28.6 Å². The summed E-state index contributed by atoms with van der Waals surface area (Å²) in [6.45, 7) is 1.96. The summed E-state index contributed by atoms with van der Waals surface area (Å²) in [5.74, 6) is 0.434. The van der Waals surface area contributed by atoms with Gasteiger partial charge in [0.25, 0.3) is 0 Å². The third-order valence-electron chi connectivity index (χ3n) is 2.96. The van der Waals surface area contributed by atoms with Gasteiger partial charge in [-0.3, -0.25) is 9.55 Å². The minimum absolute atomic E-state index is 0.434. The van der Waals surface area contributed by atoms with E-state index in [1.807, 2.05) is 35.8 Å². The topological polar surface area (TPSA) is 56.7 Å². The molecule has 0 radical (unpaired) electrons. The molecule has 0 amide bonds. The molecule has 0 saturated carbocycles. The third kappa shape index (κ3) is 1.54. The van der Waals surface area contributed by atoms with Crippen LogP contribution in [-0.4, -0.2) is 14.5 Å². The van der Waals surface area contributed by atoms with Crippen LogP contribution in [0.3, 0.4) is 0 Å². The number of hydrogen-bond donors (Lipinski definition) is 1. The van der Waals surface area contributed by atoms with E-state index < -0.39 is 0 Å². The van der Waals surface area contributed by atoms with Crippen molar-refractivity contribution < 1.29 is 0 Å². The Labute approximate surface area is 109 Å². The first-order valence-electron chi connectivity index (χ1n) is 5.52. The van der Waals surface area contributed by atoms with E-state index in [1.165, 1.54) is 0 Å². The number of fused-ring (bicyclic) bond motifs is 1. The molecule has 5 heteroatoms. The smallest absolute Gasteiger partial charge is 0.205 e. The zero-order valence-electron chi connectivity index (χ0n) is 9.76. The first-order valence-corrected chi connectivity index (χ1v) is 5.89. The van der Waals surface area contributed by atoms with Crippen molar-refractivity contribution in [3.63, 3.8) is 0 Å². The molecule has 0 aliphatic heterocycles. The molecular formula is C13H11ClN4. The summed E-state index contributed by atoms with van der Waals surface area (Å²) in [4.78, 5) is 8.34. The van der Waals surface area contributed by atoms with Gasteiger partial charge in [0.15, 0.2) is 0 Å². The molecule has 0 fully saturated rings. The molecule has 2 N–H and O–H groups in total. The molecule has 18 heavy (non-hydrogen) atoms. The maximum atomic E-state index is 6.15. The molecule has 90 valence electrons. The lowest BCUT2D eigenvalue weighted by molar-refractivity contribution is 1.09. The molecule has 2 aromatic heterocycles. The highest BCUT2D eigenvalue weighted by Crippen LogP contribution is 2.27. The van der Waals surface area contributed by atoms with E-state index in [-0.39, 0.29) is 0 Å². The van der Waals surface area contributed by atoms with Gasteiger partial charge in [-0.05, 0) is 30.7 Å². The molecule has 3 aromatic rings. The summed E-state index contributed by atoms with van der Waals surface area (Å²) in [7, 11) is 0. The van der Waals surface area contributed by atoms with Crippen molar-refractivity contribution in [2.45, 2.75) is 6.92 Å². The Bertz CT molecular complexity index is 733. The van der Waals surface area contributed by atoms with E-state index in [0.29, 0.717) is 11.0 Å². The number of halogens is 1. The third-order valence-corrected chi connectivity index (χ3v) is 3.37. The Balaban J connectivity index is 2.38. The maximum absolute atomic E-state index is 6.15. The summed E-state index contributed by atoms with van der Waals surface area (Å²) in [6.07, 6.45) is 3.42. The second kappa shape index (κ2) is 3.99. The summed E-state index contributed by atoms with van der Waals surface area (Å²) in [6, 6.07) is 7.62. The number of nitrogens with zero attached hydrogens (tertiary/aromatic N) is 3. The summed E-state index contributed by atoms with van der Waals surface area (Å²) in [5, 5.41) is 0.711. The highest BCUT2D eigenvalue weighted by Gasteiger charge is 2.12. The van der Waals surface area contributed by atoms with Crippen LogP contribution >= 0.6 is 11.6 Å². The van der Waals surface area contributed by atoms with Gasteiger partial charge in [0.2, 0.25) is 5.95 Å². The summed E-state index contributed by atoms with van der Waals surface area (Å²) < 4.78 is 1.89. The van der Waals surface area contributed by atoms with Crippen LogP contribution in [0.1, 0.15) is 5.56 Å². The molecule has 0 aliphatic carbocycles. The molecule has 0 spiro atoms. The van der Waals surface area contributed by atoms with Crippen LogP contribution in [0.2, 0.25) is 5.02 Å². The second-order valence-electron chi connectivity index (χ2n) is 4.05. The Kier molecular flexibility index (Phi) is 2.45. The number of hydrogen-bond acceptors (Lipinski definition) is 3. The second-order valence-corrected chi connectivity index (χ2v) is 4.46. The SMILES string of the molecule is Cc1c(Cl)cccc1-n1c(N)nc2cnccc21. The zero-order chi connectivity index (χ0) is 12.7. The van der Waals surface area contributed by atoms with Gasteiger partial charge in [-0.25, -0.2) is 4.98 Å². The van der Waals surface area contributed by atoms with Gasteiger partial charge in [-0.1, -0.05) is 17.7 Å². The van der Waals surface area contributed by atoms with E-state index in [2.05, 4.69) is 9.97 Å². The van der Waals surface area contributed by atoms with E-state index in [0.717, 1.165) is 22.3 Å². The molecule has 2 heterocycles. The van der Waals surface area contributed by atoms with E-state index in [4.69, 9.17) is 17.3 Å². The molecule has 0 aliphatic rings. The van der Waals surface area contributed by atoms with E-state index in [9.17, 15) is 0 Å². The van der Waals surface area contributed by atoms with Crippen molar-refractivity contribution in [1.29, 1.82) is 0 Å². The van der Waals surface area contributed by atoms with Crippen molar-refractivity contribution in [2.24, 2.45) is 0 Å². The zero-order valence-corrected chi connectivity index (χ0v) is 10.5. The Morgan fingerprint density at radius 3 is 2.94 bits per heavy atom. The van der Waals surface area contributed by atoms with E-state index >= 15 is 0 Å². The average Bonchev–Trinajstić information content (AvgIpc) is 2.69. The number of pyridine rings is 1. The minimum Gasteiger partial charge on any atom is -0.369 e. The summed E-state index contributed by atoms with van der Waals surface area (Å²) >= 11 is 6.15. The number of anilines is 1. The molecular weight excluding hydrogens is 248 g/mol. The van der Waals surface area contributed by atoms with Gasteiger partial charge in [-0.2, -0.15) is 0 Å². The van der Waals surface area contributed by atoms with Crippen molar-refractivity contribution in [2.75, 3.05) is 5.73 Å². The number of nitrogen functional groups attached to an aromatic ring is 1. The lowest BCUT2D eigenvalue weighted by Crippen LogP contribution is -2.02. The standard InChI is InChI=1S/C13H11ClN4/c1-8-9(14)3-2-4-11(8)18-12-5-6-16-7-10(12)17-13(18)15/h2-7H,1H3,(H2,15,17). The number of rotatable bonds is 1. The fourth-order valence-electron chi connectivity index (χ4n) is 2.04. The molecule has 0 atom stereocenters. The van der Waals surface area contributed by atoms with Crippen LogP contribution in [-0.2, 0) is 0 Å². The monoisotopic (exact) mass is 258 g/mol. The van der Waals surface area contributed by atoms with Gasteiger partial charge >= 0.3 is 0 Å². The fraction of sp³-hybridized carbons (Fsp3) is 0.0769. The Hall–Kier alpha value is -2.07. The highest BCUT2D eigenvalue weighted by molar-refractivity contribution is 6.31. The quantitative estimate of drug-likeness (QED) is 0.730. The fourth-order valence-corrected chi connectivity index (χ4v) is 2.21. The normalized spacial score (nSPS) is 11.0. The van der Waals surface area contributed by atoms with Crippen LogP contribution in [0, 0.1) is 6.92 Å². The van der Waals surface area contributed by atoms with Crippen LogP contribution in [0.5, 0.6) is 0 Å². The van der Waals surface area contributed by atoms with Crippen molar-refractivity contribution in [3.05, 3.63) is 47.2 Å². The average molecular weight is 259 g/mol. The van der Waals surface area contributed by atoms with Gasteiger partial charge in [0.1, 0.15) is 5.52 Å². The highest BCUT2D eigenvalue weighted by atomic mass is 35.5. The molecule has 4 nitrogen and oxygen atoms in total. The van der Waals surface area contributed by atoms with Crippen LogP contribution in [0.15, 0.2) is 36.7 Å². The first-order chi connectivity index (χ1) is 8.68. The molecule has 0 saturated heterocycles. The van der Waals surface area contributed by atoms with Crippen molar-refractivity contribution in [1.82, 2.24) is 14.5 Å².